The zero-order chi connectivity index (χ0) is 12.6. The molecule has 0 saturated heterocycles. The molecular weight excluding hydrogens is 289 g/mol. The fourth-order valence-corrected chi connectivity index (χ4v) is 2.11. The Kier molecular flexibility index (Phi) is 3.11. The molecule has 0 aliphatic heterocycles. The van der Waals surface area contributed by atoms with E-state index in [4.69, 9.17) is 0 Å². The fraction of sp³-hybridized carbons (Fsp3) is 0.167. The fourth-order valence-electron chi connectivity index (χ4n) is 1.70. The maximum Gasteiger partial charge on any atom is 0.202 e. The second-order valence-electron chi connectivity index (χ2n) is 3.75. The first-order chi connectivity index (χ1) is 8.04. The lowest BCUT2D eigenvalue weighted by Crippen LogP contribution is -1.97. The number of halogens is 2. The average Bonchev–Trinajstić information content (AvgIpc) is 2.58. The van der Waals surface area contributed by atoms with Gasteiger partial charge in [-0.1, -0.05) is 22.0 Å². The molecule has 1 heterocycles. The van der Waals surface area contributed by atoms with Gasteiger partial charge in [0.05, 0.1) is 5.69 Å². The highest BCUT2D eigenvalue weighted by Gasteiger charge is 2.16. The van der Waals surface area contributed by atoms with Crippen LogP contribution in [0.4, 0.5) is 4.39 Å². The maximum absolute atomic E-state index is 13.2. The van der Waals surface area contributed by atoms with Crippen LogP contribution in [0.2, 0.25) is 0 Å². The Labute approximate surface area is 106 Å². The van der Waals surface area contributed by atoms with Gasteiger partial charge in [0.2, 0.25) is 5.88 Å². The average molecular weight is 300 g/mol. The highest BCUT2D eigenvalue weighted by Crippen LogP contribution is 2.34. The summed E-state index contributed by atoms with van der Waals surface area (Å²) in [5.41, 5.74) is 1.73. The van der Waals surface area contributed by atoms with Crippen molar-refractivity contribution in [1.29, 1.82) is 0 Å². The first-order valence-electron chi connectivity index (χ1n) is 4.99. The van der Waals surface area contributed by atoms with E-state index in [0.717, 1.165) is 5.56 Å². The van der Waals surface area contributed by atoms with Crippen molar-refractivity contribution < 1.29 is 14.6 Å². The molecule has 0 saturated carbocycles. The van der Waals surface area contributed by atoms with Gasteiger partial charge in [-0.2, -0.15) is 0 Å². The van der Waals surface area contributed by atoms with Gasteiger partial charge >= 0.3 is 0 Å². The molecule has 17 heavy (non-hydrogen) atoms. The molecule has 0 aliphatic carbocycles. The van der Waals surface area contributed by atoms with Crippen LogP contribution < -0.4 is 0 Å². The van der Waals surface area contributed by atoms with Crippen LogP contribution in [0.15, 0.2) is 24.3 Å². The lowest BCUT2D eigenvalue weighted by atomic mass is 10.2. The van der Waals surface area contributed by atoms with Crippen LogP contribution in [-0.4, -0.2) is 14.8 Å². The van der Waals surface area contributed by atoms with Gasteiger partial charge < -0.3 is 10.2 Å². The minimum Gasteiger partial charge on any atom is -0.494 e. The van der Waals surface area contributed by atoms with E-state index < -0.39 is 5.82 Å². The molecule has 2 rings (SSSR count). The summed E-state index contributed by atoms with van der Waals surface area (Å²) >= 11 is 3.20. The van der Waals surface area contributed by atoms with Gasteiger partial charge in [0, 0.05) is 17.0 Å². The predicted octanol–water partition coefficient (Wildman–Crippen LogP) is 3.23. The summed E-state index contributed by atoms with van der Waals surface area (Å²) < 4.78 is 14.4. The number of nitrogens with zero attached hydrogens (tertiary/aromatic N) is 1. The molecule has 0 unspecified atom stereocenters. The Morgan fingerprint density at radius 2 is 2.00 bits per heavy atom. The highest BCUT2D eigenvalue weighted by atomic mass is 79.9. The van der Waals surface area contributed by atoms with Gasteiger partial charge in [-0.25, -0.2) is 4.39 Å². The summed E-state index contributed by atoms with van der Waals surface area (Å²) in [5, 5.41) is 20.1. The molecule has 2 aromatic rings. The number of aromatic nitrogens is 1. The van der Waals surface area contributed by atoms with E-state index in [1.165, 1.54) is 22.8 Å². The highest BCUT2D eigenvalue weighted by molar-refractivity contribution is 9.08. The molecule has 0 spiro atoms. The second kappa shape index (κ2) is 4.41. The SMILES string of the molecule is Cc1ccc(F)cc1-n1c(O)cc(CBr)c1O. The number of hydrogen-bond donors (Lipinski definition) is 2. The van der Waals surface area contributed by atoms with Crippen molar-refractivity contribution in [2.75, 3.05) is 0 Å². The molecule has 90 valence electrons. The molecule has 0 amide bonds. The van der Waals surface area contributed by atoms with Gasteiger partial charge in [-0.15, -0.1) is 0 Å². The minimum atomic E-state index is -0.418. The summed E-state index contributed by atoms with van der Waals surface area (Å²) in [7, 11) is 0. The van der Waals surface area contributed by atoms with Crippen molar-refractivity contribution in [3.8, 4) is 17.4 Å². The van der Waals surface area contributed by atoms with Gasteiger partial charge in [-0.3, -0.25) is 4.57 Å². The van der Waals surface area contributed by atoms with E-state index in [-0.39, 0.29) is 11.8 Å². The summed E-state index contributed by atoms with van der Waals surface area (Å²) in [4.78, 5) is 0. The number of benzene rings is 1. The number of hydrogen-bond acceptors (Lipinski definition) is 2. The number of rotatable bonds is 2. The van der Waals surface area contributed by atoms with Crippen molar-refractivity contribution in [3.05, 3.63) is 41.2 Å². The molecule has 5 heteroatoms. The van der Waals surface area contributed by atoms with E-state index in [0.29, 0.717) is 16.6 Å². The molecule has 3 nitrogen and oxygen atoms in total. The molecular formula is C12H11BrFNO2. The third kappa shape index (κ3) is 2.02. The largest absolute Gasteiger partial charge is 0.494 e. The van der Waals surface area contributed by atoms with Crippen molar-refractivity contribution >= 4 is 15.9 Å². The zero-order valence-corrected chi connectivity index (χ0v) is 10.7. The number of aryl methyl sites for hydroxylation is 1. The minimum absolute atomic E-state index is 0.0897. The lowest BCUT2D eigenvalue weighted by Gasteiger charge is -2.10. The van der Waals surface area contributed by atoms with E-state index in [9.17, 15) is 14.6 Å². The van der Waals surface area contributed by atoms with Crippen LogP contribution in [0.5, 0.6) is 11.8 Å². The normalized spacial score (nSPS) is 10.8. The Bertz CT molecular complexity index is 566. The Morgan fingerprint density at radius 3 is 2.59 bits per heavy atom. The van der Waals surface area contributed by atoms with Crippen LogP contribution in [0.3, 0.4) is 0 Å². The van der Waals surface area contributed by atoms with Crippen LogP contribution in [0, 0.1) is 12.7 Å². The van der Waals surface area contributed by atoms with Gasteiger partial charge in [0.1, 0.15) is 5.82 Å². The molecule has 0 aliphatic rings. The van der Waals surface area contributed by atoms with Crippen molar-refractivity contribution in [1.82, 2.24) is 4.57 Å². The zero-order valence-electron chi connectivity index (χ0n) is 9.11. The van der Waals surface area contributed by atoms with Crippen LogP contribution >= 0.6 is 15.9 Å². The van der Waals surface area contributed by atoms with Crippen LogP contribution in [-0.2, 0) is 5.33 Å². The lowest BCUT2D eigenvalue weighted by molar-refractivity contribution is 0.400. The van der Waals surface area contributed by atoms with Crippen LogP contribution in [0.25, 0.3) is 5.69 Å². The number of alkyl halides is 1. The molecule has 2 N–H and O–H groups in total. The number of aromatic hydroxyl groups is 2. The summed E-state index contributed by atoms with van der Waals surface area (Å²) in [6, 6.07) is 5.64. The topological polar surface area (TPSA) is 45.4 Å². The third-order valence-electron chi connectivity index (χ3n) is 2.59. The molecule has 0 bridgehead atoms. The van der Waals surface area contributed by atoms with Crippen molar-refractivity contribution in [2.24, 2.45) is 0 Å². The van der Waals surface area contributed by atoms with Gasteiger partial charge in [0.15, 0.2) is 5.88 Å². The Balaban J connectivity index is 2.68. The summed E-state index contributed by atoms with van der Waals surface area (Å²) in [5.74, 6) is -0.628. The molecule has 0 atom stereocenters. The van der Waals surface area contributed by atoms with Crippen molar-refractivity contribution in [3.63, 3.8) is 0 Å². The monoisotopic (exact) mass is 299 g/mol. The summed E-state index contributed by atoms with van der Waals surface area (Å²) in [6.07, 6.45) is 0. The van der Waals surface area contributed by atoms with E-state index >= 15 is 0 Å². The standard InChI is InChI=1S/C12H11BrFNO2/c1-7-2-3-9(14)5-10(7)15-11(16)4-8(6-13)12(15)17/h2-5,16-17H,6H2,1H3. The van der Waals surface area contributed by atoms with E-state index in [1.807, 2.05) is 0 Å². The van der Waals surface area contributed by atoms with Crippen LogP contribution in [0.1, 0.15) is 11.1 Å². The van der Waals surface area contributed by atoms with Gasteiger partial charge in [-0.05, 0) is 24.6 Å². The molecule has 0 fully saturated rings. The Hall–Kier alpha value is -1.49. The first kappa shape index (κ1) is 12.0. The maximum atomic E-state index is 13.2. The smallest absolute Gasteiger partial charge is 0.202 e. The quantitative estimate of drug-likeness (QED) is 0.836. The Morgan fingerprint density at radius 1 is 1.29 bits per heavy atom. The first-order valence-corrected chi connectivity index (χ1v) is 6.11. The molecule has 1 aromatic heterocycles. The predicted molar refractivity (Wildman–Crippen MR) is 66.4 cm³/mol. The third-order valence-corrected chi connectivity index (χ3v) is 3.19. The molecule has 0 radical (unpaired) electrons. The molecule has 1 aromatic carbocycles. The second-order valence-corrected chi connectivity index (χ2v) is 4.31. The van der Waals surface area contributed by atoms with E-state index in [1.54, 1.807) is 13.0 Å². The van der Waals surface area contributed by atoms with E-state index in [2.05, 4.69) is 15.9 Å². The van der Waals surface area contributed by atoms with Gasteiger partial charge in [0.25, 0.3) is 0 Å². The summed E-state index contributed by atoms with van der Waals surface area (Å²) in [6.45, 7) is 1.78. The van der Waals surface area contributed by atoms with Crippen molar-refractivity contribution in [2.45, 2.75) is 12.3 Å².